The zero-order valence-corrected chi connectivity index (χ0v) is 19.5. The van der Waals surface area contributed by atoms with Gasteiger partial charge in [0.15, 0.2) is 0 Å². The van der Waals surface area contributed by atoms with Gasteiger partial charge >= 0.3 is 0 Å². The van der Waals surface area contributed by atoms with Gasteiger partial charge in [0.2, 0.25) is 0 Å². The molecule has 0 spiro atoms. The Morgan fingerprint density at radius 3 is 2.13 bits per heavy atom. The van der Waals surface area contributed by atoms with Crippen LogP contribution in [0.25, 0.3) is 0 Å². The maximum atomic E-state index is 4.01. The zero-order valence-electron chi connectivity index (χ0n) is 18.6. The van der Waals surface area contributed by atoms with Crippen molar-refractivity contribution in [1.82, 2.24) is 5.09 Å². The van der Waals surface area contributed by atoms with Crippen molar-refractivity contribution >= 4 is 19.1 Å². The lowest BCUT2D eigenvalue weighted by atomic mass is 10.1. The minimum absolute atomic E-state index is 0.00273. The predicted molar refractivity (Wildman–Crippen MR) is 136 cm³/mol. The number of benzene rings is 3. The van der Waals surface area contributed by atoms with E-state index in [1.54, 1.807) is 0 Å². The Morgan fingerprint density at radius 1 is 0.774 bits per heavy atom. The molecule has 2 nitrogen and oxygen atoms in total. The Hall–Kier alpha value is -2.67. The van der Waals surface area contributed by atoms with E-state index in [0.717, 1.165) is 12.8 Å². The average molecular weight is 427 g/mol. The molecule has 0 radical (unpaired) electrons. The molecule has 0 amide bonds. The number of aryl methyl sites for hydroxylation is 3. The van der Waals surface area contributed by atoms with Gasteiger partial charge in [-0.25, -0.2) is 0 Å². The number of anilines is 1. The monoisotopic (exact) mass is 426 g/mol. The van der Waals surface area contributed by atoms with Gasteiger partial charge in [-0.1, -0.05) is 96.6 Å². The van der Waals surface area contributed by atoms with Crippen molar-refractivity contribution in [3.05, 3.63) is 119 Å². The normalized spacial score (nSPS) is 15.3. The summed E-state index contributed by atoms with van der Waals surface area (Å²) in [6.07, 6.45) is 9.25. The molecule has 0 saturated heterocycles. The molecular weight excluding hydrogens is 395 g/mol. The molecule has 1 aliphatic carbocycles. The predicted octanol–water partition coefficient (Wildman–Crippen LogP) is 7.27. The molecular formula is C28H31N2P. The largest absolute Gasteiger partial charge is 0.365 e. The molecule has 0 aliphatic heterocycles. The molecule has 1 aliphatic rings. The van der Waals surface area contributed by atoms with Crippen LogP contribution >= 0.6 is 8.07 Å². The first-order valence-electron chi connectivity index (χ1n) is 11.0. The maximum Gasteiger partial charge on any atom is 0.107 e. The quantitative estimate of drug-likeness (QED) is 0.307. The lowest BCUT2D eigenvalue weighted by Crippen LogP contribution is -2.28. The second-order valence-electron chi connectivity index (χ2n) is 8.16. The van der Waals surface area contributed by atoms with Crippen molar-refractivity contribution in [2.45, 2.75) is 39.8 Å². The molecule has 2 N–H and O–H groups in total. The summed E-state index contributed by atoms with van der Waals surface area (Å²) in [6.45, 7) is 6.49. The van der Waals surface area contributed by atoms with Crippen molar-refractivity contribution in [2.75, 3.05) is 5.32 Å². The third-order valence-corrected chi connectivity index (χ3v) is 7.87. The topological polar surface area (TPSA) is 24.1 Å². The Kier molecular flexibility index (Phi) is 7.02. The van der Waals surface area contributed by atoms with E-state index in [9.17, 15) is 0 Å². The first kappa shape index (κ1) is 21.6. The van der Waals surface area contributed by atoms with E-state index in [-0.39, 0.29) is 6.17 Å². The minimum Gasteiger partial charge on any atom is -0.365 e. The molecule has 2 unspecified atom stereocenters. The van der Waals surface area contributed by atoms with Gasteiger partial charge < -0.3 is 5.32 Å². The summed E-state index contributed by atoms with van der Waals surface area (Å²) < 4.78 is 0. The zero-order chi connectivity index (χ0) is 21.6. The van der Waals surface area contributed by atoms with Crippen molar-refractivity contribution in [3.63, 3.8) is 0 Å². The van der Waals surface area contributed by atoms with Crippen LogP contribution in [0, 0.1) is 20.8 Å². The number of rotatable bonds is 7. The van der Waals surface area contributed by atoms with E-state index in [4.69, 9.17) is 0 Å². The van der Waals surface area contributed by atoms with E-state index < -0.39 is 8.07 Å². The molecule has 4 rings (SSSR count). The number of hydrogen-bond donors (Lipinski definition) is 2. The number of allylic oxidation sites excluding steroid dienone is 4. The summed E-state index contributed by atoms with van der Waals surface area (Å²) in [5, 5.41) is 10.6. The summed E-state index contributed by atoms with van der Waals surface area (Å²) in [6, 6.07) is 26.2. The standard InChI is InChI=1S/C28H31N2P/c1-21-17-19-24(20-18-21)28(29-27-22(2)11-10-12-23(27)3)30-31(25-13-6-4-7-14-25)26-15-8-5-9-16-26/h4,6-8,10-20,28-30H,5,9H2,1-3H3. The SMILES string of the molecule is Cc1ccc(C(Nc2c(C)cccc2C)NP(C2=CCCC=C2)c2ccccc2)cc1. The smallest absolute Gasteiger partial charge is 0.107 e. The van der Waals surface area contributed by atoms with Crippen LogP contribution in [-0.4, -0.2) is 0 Å². The summed E-state index contributed by atoms with van der Waals surface area (Å²) in [4.78, 5) is 0. The van der Waals surface area contributed by atoms with Gasteiger partial charge in [-0.2, -0.15) is 0 Å². The van der Waals surface area contributed by atoms with Gasteiger partial charge in [0, 0.05) is 13.8 Å². The summed E-state index contributed by atoms with van der Waals surface area (Å²) in [5.74, 6) is 0. The maximum absolute atomic E-state index is 4.01. The lowest BCUT2D eigenvalue weighted by molar-refractivity contribution is 0.762. The van der Waals surface area contributed by atoms with Gasteiger partial charge in [0.05, 0.1) is 0 Å². The average Bonchev–Trinajstić information content (AvgIpc) is 2.80. The summed E-state index contributed by atoms with van der Waals surface area (Å²) >= 11 is 0. The fourth-order valence-corrected chi connectivity index (χ4v) is 6.01. The van der Waals surface area contributed by atoms with Gasteiger partial charge in [0.1, 0.15) is 6.17 Å². The van der Waals surface area contributed by atoms with E-state index in [1.165, 1.54) is 38.6 Å². The lowest BCUT2D eigenvalue weighted by Gasteiger charge is -2.30. The molecule has 3 aromatic rings. The van der Waals surface area contributed by atoms with Crippen molar-refractivity contribution in [2.24, 2.45) is 0 Å². The molecule has 3 heteroatoms. The Balaban J connectivity index is 1.73. The van der Waals surface area contributed by atoms with Crippen LogP contribution in [-0.2, 0) is 0 Å². The highest BCUT2D eigenvalue weighted by molar-refractivity contribution is 7.68. The van der Waals surface area contributed by atoms with Crippen molar-refractivity contribution in [3.8, 4) is 0 Å². The van der Waals surface area contributed by atoms with Crippen LogP contribution in [0.1, 0.15) is 41.3 Å². The number of nitrogens with one attached hydrogen (secondary N) is 2. The van der Waals surface area contributed by atoms with Crippen LogP contribution in [0.3, 0.4) is 0 Å². The van der Waals surface area contributed by atoms with Crippen LogP contribution < -0.4 is 15.7 Å². The summed E-state index contributed by atoms with van der Waals surface area (Å²) in [7, 11) is -0.698. The van der Waals surface area contributed by atoms with Crippen molar-refractivity contribution < 1.29 is 0 Å². The first-order chi connectivity index (χ1) is 15.1. The van der Waals surface area contributed by atoms with E-state index in [2.05, 4.69) is 122 Å². The van der Waals surface area contributed by atoms with E-state index in [1.807, 2.05) is 0 Å². The van der Waals surface area contributed by atoms with Gasteiger partial charge in [-0.15, -0.1) is 0 Å². The molecule has 2 atom stereocenters. The molecule has 0 bridgehead atoms. The highest BCUT2D eigenvalue weighted by atomic mass is 31.1. The fourth-order valence-electron chi connectivity index (χ4n) is 3.91. The van der Waals surface area contributed by atoms with Gasteiger partial charge in [0.25, 0.3) is 0 Å². The minimum atomic E-state index is -0.698. The summed E-state index contributed by atoms with van der Waals surface area (Å²) in [5.41, 5.74) is 6.26. The Bertz CT molecular complexity index is 1050. The molecule has 0 saturated carbocycles. The molecule has 31 heavy (non-hydrogen) atoms. The molecule has 0 fully saturated rings. The van der Waals surface area contributed by atoms with Crippen LogP contribution in [0.2, 0.25) is 0 Å². The Morgan fingerprint density at radius 2 is 1.48 bits per heavy atom. The molecule has 0 aromatic heterocycles. The van der Waals surface area contributed by atoms with Crippen molar-refractivity contribution in [1.29, 1.82) is 0 Å². The third kappa shape index (κ3) is 5.34. The van der Waals surface area contributed by atoms with Gasteiger partial charge in [-0.05, 0) is 60.9 Å². The number of hydrogen-bond acceptors (Lipinski definition) is 2. The first-order valence-corrected chi connectivity index (χ1v) is 12.3. The van der Waals surface area contributed by atoms with Crippen LogP contribution in [0.5, 0.6) is 0 Å². The second-order valence-corrected chi connectivity index (χ2v) is 10.1. The molecule has 3 aromatic carbocycles. The highest BCUT2D eigenvalue weighted by Crippen LogP contribution is 2.44. The third-order valence-electron chi connectivity index (χ3n) is 5.69. The number of para-hydroxylation sites is 1. The van der Waals surface area contributed by atoms with E-state index in [0.29, 0.717) is 0 Å². The molecule has 158 valence electrons. The van der Waals surface area contributed by atoms with Crippen LogP contribution in [0.4, 0.5) is 5.69 Å². The Labute approximate surface area is 187 Å². The fraction of sp³-hybridized carbons (Fsp3) is 0.214. The highest BCUT2D eigenvalue weighted by Gasteiger charge is 2.22. The van der Waals surface area contributed by atoms with Crippen LogP contribution in [0.15, 0.2) is 96.3 Å². The van der Waals surface area contributed by atoms with E-state index >= 15 is 0 Å². The molecule has 0 heterocycles. The van der Waals surface area contributed by atoms with Gasteiger partial charge in [-0.3, -0.25) is 5.09 Å². The second kappa shape index (κ2) is 10.1.